The molecule has 0 bridgehead atoms. The van der Waals surface area contributed by atoms with E-state index in [-0.39, 0.29) is 5.56 Å². The first-order valence-electron chi connectivity index (χ1n) is 7.48. The Labute approximate surface area is 136 Å². The number of hydrogen-bond acceptors (Lipinski definition) is 6. The molecule has 0 radical (unpaired) electrons. The third-order valence-electron chi connectivity index (χ3n) is 4.19. The number of H-pyrrole nitrogens is 1. The first-order chi connectivity index (χ1) is 11.4. The van der Waals surface area contributed by atoms with Gasteiger partial charge in [0.2, 0.25) is 0 Å². The second-order valence-corrected chi connectivity index (χ2v) is 5.75. The van der Waals surface area contributed by atoms with Gasteiger partial charge in [-0.3, -0.25) is 14.3 Å². The van der Waals surface area contributed by atoms with Crippen molar-refractivity contribution in [3.63, 3.8) is 0 Å². The molecule has 0 aliphatic carbocycles. The van der Waals surface area contributed by atoms with Crippen LogP contribution in [0.15, 0.2) is 40.1 Å². The second kappa shape index (κ2) is 6.33. The molecule has 4 N–H and O–H groups in total. The van der Waals surface area contributed by atoms with Gasteiger partial charge in [0.15, 0.2) is 6.23 Å². The van der Waals surface area contributed by atoms with E-state index in [0.717, 1.165) is 10.1 Å². The van der Waals surface area contributed by atoms with Gasteiger partial charge >= 0.3 is 5.69 Å². The number of aromatic amines is 1. The van der Waals surface area contributed by atoms with Crippen molar-refractivity contribution in [3.8, 4) is 11.1 Å². The highest BCUT2D eigenvalue weighted by atomic mass is 16.6. The van der Waals surface area contributed by atoms with Crippen molar-refractivity contribution in [2.24, 2.45) is 0 Å². The van der Waals surface area contributed by atoms with Crippen molar-refractivity contribution >= 4 is 0 Å². The minimum absolute atomic E-state index is 0.241. The molecule has 1 aromatic heterocycles. The monoisotopic (exact) mass is 334 g/mol. The molecule has 8 nitrogen and oxygen atoms in total. The van der Waals surface area contributed by atoms with Gasteiger partial charge in [0.05, 0.1) is 12.2 Å². The zero-order chi connectivity index (χ0) is 17.4. The van der Waals surface area contributed by atoms with Gasteiger partial charge in [-0.1, -0.05) is 24.3 Å². The van der Waals surface area contributed by atoms with Crippen LogP contribution in [0, 0.1) is 6.92 Å². The van der Waals surface area contributed by atoms with Gasteiger partial charge in [-0.05, 0) is 18.1 Å². The topological polar surface area (TPSA) is 125 Å². The Morgan fingerprint density at radius 3 is 2.50 bits per heavy atom. The number of aliphatic hydroxyl groups is 3. The van der Waals surface area contributed by atoms with Crippen LogP contribution in [0.2, 0.25) is 0 Å². The average Bonchev–Trinajstić information content (AvgIpc) is 2.84. The molecule has 24 heavy (non-hydrogen) atoms. The van der Waals surface area contributed by atoms with Crippen molar-refractivity contribution in [2.45, 2.75) is 31.5 Å². The molecule has 0 spiro atoms. The highest BCUT2D eigenvalue weighted by molar-refractivity contribution is 5.65. The molecule has 128 valence electrons. The van der Waals surface area contributed by atoms with Crippen LogP contribution < -0.4 is 11.2 Å². The molecule has 2 aromatic rings. The van der Waals surface area contributed by atoms with Crippen LogP contribution in [0.1, 0.15) is 11.8 Å². The lowest BCUT2D eigenvalue weighted by Crippen LogP contribution is -2.38. The fourth-order valence-electron chi connectivity index (χ4n) is 2.85. The number of aliphatic hydroxyl groups excluding tert-OH is 3. The van der Waals surface area contributed by atoms with E-state index in [2.05, 4.69) is 4.98 Å². The van der Waals surface area contributed by atoms with Crippen molar-refractivity contribution in [1.82, 2.24) is 9.55 Å². The summed E-state index contributed by atoms with van der Waals surface area (Å²) in [5.74, 6) is 0. The van der Waals surface area contributed by atoms with Crippen molar-refractivity contribution < 1.29 is 20.1 Å². The summed E-state index contributed by atoms with van der Waals surface area (Å²) < 4.78 is 6.37. The standard InChI is InChI=1S/C16H18N2O6/c1-8-4-2-3-5-9(8)10-6-18(16(23)17-14(10)22)15-13(21)12(20)11(7-19)24-15/h2-6,11-13,15,19-21H,7H2,1H3,(H,17,22,23)/t11-,12-,13-,15-/m1/s1. The van der Waals surface area contributed by atoms with E-state index >= 15 is 0 Å². The van der Waals surface area contributed by atoms with Gasteiger partial charge in [-0.15, -0.1) is 0 Å². The van der Waals surface area contributed by atoms with E-state index in [1.165, 1.54) is 6.20 Å². The lowest BCUT2D eigenvalue weighted by Gasteiger charge is -2.18. The number of ether oxygens (including phenoxy) is 1. The van der Waals surface area contributed by atoms with Gasteiger partial charge < -0.3 is 20.1 Å². The van der Waals surface area contributed by atoms with E-state index in [1.54, 1.807) is 12.1 Å². The summed E-state index contributed by atoms with van der Waals surface area (Å²) in [6.07, 6.45) is -3.66. The average molecular weight is 334 g/mol. The van der Waals surface area contributed by atoms with Crippen LogP contribution in [-0.4, -0.2) is 49.8 Å². The molecule has 1 fully saturated rings. The smallest absolute Gasteiger partial charge is 0.330 e. The molecule has 4 atom stereocenters. The third kappa shape index (κ3) is 2.69. The zero-order valence-electron chi connectivity index (χ0n) is 12.9. The lowest BCUT2D eigenvalue weighted by atomic mass is 10.0. The summed E-state index contributed by atoms with van der Waals surface area (Å²) >= 11 is 0. The van der Waals surface area contributed by atoms with Gasteiger partial charge in [0.1, 0.15) is 18.3 Å². The SMILES string of the molecule is Cc1ccccc1-c1cn([C@@H]2O[C@H](CO)[C@@H](O)[C@H]2O)c(=O)[nH]c1=O. The quantitative estimate of drug-likeness (QED) is 0.578. The fraction of sp³-hybridized carbons (Fsp3) is 0.375. The molecule has 0 amide bonds. The van der Waals surface area contributed by atoms with Crippen LogP contribution in [0.25, 0.3) is 11.1 Å². The number of benzene rings is 1. The van der Waals surface area contributed by atoms with Gasteiger partial charge in [0.25, 0.3) is 5.56 Å². The lowest BCUT2D eigenvalue weighted by molar-refractivity contribution is -0.0549. The number of nitrogens with one attached hydrogen (secondary N) is 1. The predicted molar refractivity (Wildman–Crippen MR) is 84.5 cm³/mol. The Morgan fingerprint density at radius 1 is 1.17 bits per heavy atom. The molecule has 1 aliphatic rings. The number of aromatic nitrogens is 2. The molecule has 2 heterocycles. The van der Waals surface area contributed by atoms with E-state index < -0.39 is 42.4 Å². The minimum Gasteiger partial charge on any atom is -0.394 e. The largest absolute Gasteiger partial charge is 0.394 e. The normalized spacial score (nSPS) is 26.7. The van der Waals surface area contributed by atoms with Gasteiger partial charge in [0, 0.05) is 6.20 Å². The zero-order valence-corrected chi connectivity index (χ0v) is 12.9. The number of nitrogens with zero attached hydrogens (tertiary/aromatic N) is 1. The maximum absolute atomic E-state index is 12.2. The highest BCUT2D eigenvalue weighted by Crippen LogP contribution is 2.29. The summed E-state index contributed by atoms with van der Waals surface area (Å²) in [4.78, 5) is 26.5. The molecule has 0 unspecified atom stereocenters. The van der Waals surface area contributed by atoms with Crippen molar-refractivity contribution in [2.75, 3.05) is 6.61 Å². The molecular formula is C16H18N2O6. The summed E-state index contributed by atoms with van der Waals surface area (Å²) in [5, 5.41) is 29.1. The van der Waals surface area contributed by atoms with E-state index in [1.807, 2.05) is 19.1 Å². The Morgan fingerprint density at radius 2 is 1.88 bits per heavy atom. The molecule has 3 rings (SSSR count). The molecule has 8 heteroatoms. The van der Waals surface area contributed by atoms with Crippen LogP contribution in [-0.2, 0) is 4.74 Å². The Bertz CT molecular complexity index is 858. The Balaban J connectivity index is 2.11. The van der Waals surface area contributed by atoms with Gasteiger partial charge in [-0.25, -0.2) is 4.79 Å². The van der Waals surface area contributed by atoms with Crippen LogP contribution in [0.3, 0.4) is 0 Å². The number of hydrogen-bond donors (Lipinski definition) is 4. The molecule has 1 aromatic carbocycles. The maximum Gasteiger partial charge on any atom is 0.330 e. The summed E-state index contributed by atoms with van der Waals surface area (Å²) in [5.41, 5.74) is 0.392. The fourth-order valence-corrected chi connectivity index (χ4v) is 2.85. The summed E-state index contributed by atoms with van der Waals surface area (Å²) in [6.45, 7) is 1.33. The van der Waals surface area contributed by atoms with E-state index in [4.69, 9.17) is 9.84 Å². The molecule has 0 saturated carbocycles. The van der Waals surface area contributed by atoms with Crippen molar-refractivity contribution in [1.29, 1.82) is 0 Å². The predicted octanol–water partition coefficient (Wildman–Crippen LogP) is -0.876. The number of rotatable bonds is 3. The molecular weight excluding hydrogens is 316 g/mol. The van der Waals surface area contributed by atoms with Crippen LogP contribution in [0.5, 0.6) is 0 Å². The van der Waals surface area contributed by atoms with Crippen LogP contribution in [0.4, 0.5) is 0 Å². The first kappa shape index (κ1) is 16.6. The number of aryl methyl sites for hydroxylation is 1. The first-order valence-corrected chi connectivity index (χ1v) is 7.48. The van der Waals surface area contributed by atoms with Gasteiger partial charge in [-0.2, -0.15) is 0 Å². The third-order valence-corrected chi connectivity index (χ3v) is 4.19. The second-order valence-electron chi connectivity index (χ2n) is 5.75. The minimum atomic E-state index is -1.41. The summed E-state index contributed by atoms with van der Waals surface area (Å²) in [6, 6.07) is 7.17. The van der Waals surface area contributed by atoms with Crippen LogP contribution >= 0.6 is 0 Å². The van der Waals surface area contributed by atoms with Crippen molar-refractivity contribution in [3.05, 3.63) is 56.9 Å². The highest BCUT2D eigenvalue weighted by Gasteiger charge is 2.43. The Kier molecular flexibility index (Phi) is 4.37. The van der Waals surface area contributed by atoms with E-state index in [0.29, 0.717) is 5.56 Å². The Hall–Kier alpha value is -2.26. The van der Waals surface area contributed by atoms with E-state index in [9.17, 15) is 19.8 Å². The maximum atomic E-state index is 12.2. The summed E-state index contributed by atoms with van der Waals surface area (Å²) in [7, 11) is 0. The molecule has 1 aliphatic heterocycles. The molecule has 1 saturated heterocycles.